The SMILES string of the molecule is Cc1c(Cl)cccc1Nc1ncccc1C(=O)OCC(O)C1OC1OC(=O)c1cccnc1Nc1cccc(Cl)c1C. The number of epoxide rings is 1. The molecule has 3 unspecified atom stereocenters. The van der Waals surface area contributed by atoms with Crippen molar-refractivity contribution >= 4 is 58.2 Å². The number of rotatable bonds is 10. The number of esters is 2. The third kappa shape index (κ3) is 6.63. The Balaban J connectivity index is 1.17. The Bertz CT molecular complexity index is 1640. The minimum Gasteiger partial charge on any atom is -0.459 e. The van der Waals surface area contributed by atoms with Crippen molar-refractivity contribution in [1.82, 2.24) is 9.97 Å². The van der Waals surface area contributed by atoms with Crippen LogP contribution in [-0.4, -0.2) is 52.1 Å². The summed E-state index contributed by atoms with van der Waals surface area (Å²) < 4.78 is 16.1. The van der Waals surface area contributed by atoms with Crippen molar-refractivity contribution in [3.63, 3.8) is 0 Å². The number of hydrogen-bond acceptors (Lipinski definition) is 10. The Morgan fingerprint density at radius 2 is 1.38 bits per heavy atom. The van der Waals surface area contributed by atoms with Gasteiger partial charge in [0.25, 0.3) is 0 Å². The van der Waals surface area contributed by atoms with Crippen LogP contribution in [0.15, 0.2) is 73.1 Å². The molecule has 0 amide bonds. The zero-order valence-corrected chi connectivity index (χ0v) is 24.0. The Morgan fingerprint density at radius 1 is 0.857 bits per heavy atom. The van der Waals surface area contributed by atoms with Crippen LogP contribution in [-0.2, 0) is 14.2 Å². The molecule has 216 valence electrons. The van der Waals surface area contributed by atoms with Crippen molar-refractivity contribution in [2.24, 2.45) is 0 Å². The van der Waals surface area contributed by atoms with E-state index in [-0.39, 0.29) is 22.8 Å². The summed E-state index contributed by atoms with van der Waals surface area (Å²) in [5.41, 5.74) is 3.28. The van der Waals surface area contributed by atoms with Crippen molar-refractivity contribution in [1.29, 1.82) is 0 Å². The van der Waals surface area contributed by atoms with Crippen LogP contribution < -0.4 is 10.6 Å². The lowest BCUT2D eigenvalue weighted by atomic mass is 10.2. The second kappa shape index (κ2) is 12.7. The molecule has 0 saturated carbocycles. The molecule has 0 radical (unpaired) electrons. The second-order valence-electron chi connectivity index (χ2n) is 9.41. The Kier molecular flexibility index (Phi) is 8.89. The van der Waals surface area contributed by atoms with Crippen molar-refractivity contribution in [3.8, 4) is 0 Å². The Hall–Kier alpha value is -4.22. The summed E-state index contributed by atoms with van der Waals surface area (Å²) in [5.74, 6) is -0.871. The number of nitrogens with one attached hydrogen (secondary N) is 2. The van der Waals surface area contributed by atoms with Gasteiger partial charge >= 0.3 is 11.9 Å². The molecular weight excluding hydrogens is 583 g/mol. The number of ether oxygens (including phenoxy) is 3. The molecule has 1 aliphatic rings. The second-order valence-corrected chi connectivity index (χ2v) is 10.2. The highest BCUT2D eigenvalue weighted by Gasteiger charge is 2.48. The number of carbonyl (C=O) groups is 2. The molecule has 3 atom stereocenters. The number of halogens is 2. The fourth-order valence-electron chi connectivity index (χ4n) is 4.06. The summed E-state index contributed by atoms with van der Waals surface area (Å²) in [4.78, 5) is 34.2. The molecule has 3 heterocycles. The first kappa shape index (κ1) is 29.3. The monoisotopic (exact) mass is 608 g/mol. The van der Waals surface area contributed by atoms with Crippen molar-refractivity contribution in [3.05, 3.63) is 105 Å². The van der Waals surface area contributed by atoms with Crippen molar-refractivity contribution in [2.75, 3.05) is 17.2 Å². The average Bonchev–Trinajstić information content (AvgIpc) is 3.76. The summed E-state index contributed by atoms with van der Waals surface area (Å²) in [6.45, 7) is 3.29. The van der Waals surface area contributed by atoms with Crippen LogP contribution in [0.2, 0.25) is 10.0 Å². The van der Waals surface area contributed by atoms with Crippen molar-refractivity contribution in [2.45, 2.75) is 32.3 Å². The van der Waals surface area contributed by atoms with E-state index in [0.717, 1.165) is 11.1 Å². The topological polar surface area (TPSA) is 135 Å². The van der Waals surface area contributed by atoms with Gasteiger partial charge in [-0.2, -0.15) is 0 Å². The Morgan fingerprint density at radius 3 is 1.93 bits per heavy atom. The molecule has 3 N–H and O–H groups in total. The van der Waals surface area contributed by atoms with E-state index in [1.165, 1.54) is 12.4 Å². The third-order valence-electron chi connectivity index (χ3n) is 6.57. The number of anilines is 4. The van der Waals surface area contributed by atoms with Gasteiger partial charge in [-0.1, -0.05) is 35.3 Å². The maximum atomic E-state index is 12.9. The zero-order chi connectivity index (χ0) is 29.8. The van der Waals surface area contributed by atoms with Gasteiger partial charge in [-0.3, -0.25) is 0 Å². The highest BCUT2D eigenvalue weighted by Crippen LogP contribution is 2.31. The molecule has 2 aromatic carbocycles. The normalized spacial score (nSPS) is 16.3. The van der Waals surface area contributed by atoms with Crippen molar-refractivity contribution < 1.29 is 28.9 Å². The van der Waals surface area contributed by atoms with E-state index in [0.29, 0.717) is 21.4 Å². The maximum absolute atomic E-state index is 12.9. The molecular formula is C30H26Cl2N4O6. The molecule has 0 bridgehead atoms. The summed E-state index contributed by atoms with van der Waals surface area (Å²) >= 11 is 12.4. The predicted octanol–water partition coefficient (Wildman–Crippen LogP) is 5.99. The molecule has 5 rings (SSSR count). The number of aromatic nitrogens is 2. The van der Waals surface area contributed by atoms with Crippen LogP contribution in [0.25, 0.3) is 0 Å². The smallest absolute Gasteiger partial charge is 0.344 e. The van der Waals surface area contributed by atoms with E-state index in [9.17, 15) is 14.7 Å². The number of aliphatic hydroxyl groups excluding tert-OH is 1. The van der Waals surface area contributed by atoms with Crippen LogP contribution >= 0.6 is 23.2 Å². The molecule has 10 nitrogen and oxygen atoms in total. The lowest BCUT2D eigenvalue weighted by Gasteiger charge is -2.14. The fraction of sp³-hybridized carbons (Fsp3) is 0.200. The van der Waals surface area contributed by atoms with Crippen LogP contribution in [0.4, 0.5) is 23.0 Å². The van der Waals surface area contributed by atoms with E-state index < -0.39 is 37.0 Å². The minimum atomic E-state index is -1.24. The summed E-state index contributed by atoms with van der Waals surface area (Å²) in [7, 11) is 0. The molecule has 0 aliphatic carbocycles. The van der Waals surface area contributed by atoms with Crippen LogP contribution in [0.1, 0.15) is 31.8 Å². The van der Waals surface area contributed by atoms with E-state index in [2.05, 4.69) is 20.6 Å². The van der Waals surface area contributed by atoms with Gasteiger partial charge in [0.15, 0.2) is 6.10 Å². The summed E-state index contributed by atoms with van der Waals surface area (Å²) in [5, 5.41) is 17.9. The molecule has 4 aromatic rings. The van der Waals surface area contributed by atoms with E-state index >= 15 is 0 Å². The highest BCUT2D eigenvalue weighted by atomic mass is 35.5. The highest BCUT2D eigenvalue weighted by molar-refractivity contribution is 6.32. The van der Waals surface area contributed by atoms with Gasteiger partial charge in [0.05, 0.1) is 0 Å². The van der Waals surface area contributed by atoms with Crippen LogP contribution in [0, 0.1) is 13.8 Å². The van der Waals surface area contributed by atoms with Crippen LogP contribution in [0.5, 0.6) is 0 Å². The van der Waals surface area contributed by atoms with Gasteiger partial charge in [-0.15, -0.1) is 0 Å². The zero-order valence-electron chi connectivity index (χ0n) is 22.5. The lowest BCUT2D eigenvalue weighted by Crippen LogP contribution is -2.26. The largest absolute Gasteiger partial charge is 0.459 e. The predicted molar refractivity (Wildman–Crippen MR) is 158 cm³/mol. The molecule has 1 saturated heterocycles. The first-order valence-corrected chi connectivity index (χ1v) is 13.6. The lowest BCUT2D eigenvalue weighted by molar-refractivity contribution is 0.0180. The molecule has 1 aliphatic heterocycles. The van der Waals surface area contributed by atoms with Gasteiger partial charge in [0.2, 0.25) is 6.29 Å². The number of pyridine rings is 2. The van der Waals surface area contributed by atoms with E-state index in [4.69, 9.17) is 37.4 Å². The molecule has 42 heavy (non-hydrogen) atoms. The minimum absolute atomic E-state index is 0.162. The van der Waals surface area contributed by atoms with Gasteiger partial charge in [-0.05, 0) is 73.5 Å². The van der Waals surface area contributed by atoms with Gasteiger partial charge in [0.1, 0.15) is 35.5 Å². The molecule has 1 fully saturated rings. The number of hydrogen-bond donors (Lipinski definition) is 3. The quantitative estimate of drug-likeness (QED) is 0.145. The molecule has 0 spiro atoms. The molecule has 2 aromatic heterocycles. The van der Waals surface area contributed by atoms with Gasteiger partial charge < -0.3 is 30.0 Å². The van der Waals surface area contributed by atoms with E-state index in [1.807, 2.05) is 26.0 Å². The fourth-order valence-corrected chi connectivity index (χ4v) is 4.41. The van der Waals surface area contributed by atoms with Gasteiger partial charge in [-0.25, -0.2) is 19.6 Å². The Labute approximate surface area is 251 Å². The average molecular weight is 609 g/mol. The standard InChI is InChI=1S/C30H26Cl2N4O6/c1-16-20(31)9-3-11-22(16)35-26-18(7-5-13-33-26)28(38)40-15-24(37)25-30(41-25)42-29(39)19-8-6-14-34-27(19)36-23-12-4-10-21(32)17(23)2/h3-14,24-25,30,37H,15H2,1-2H3,(H,33,35)(H,34,36). The summed E-state index contributed by atoms with van der Waals surface area (Å²) in [6.07, 6.45) is -0.0633. The first-order valence-electron chi connectivity index (χ1n) is 12.9. The number of benzene rings is 2. The molecule has 12 heteroatoms. The van der Waals surface area contributed by atoms with Crippen LogP contribution in [0.3, 0.4) is 0 Å². The number of nitrogens with zero attached hydrogens (tertiary/aromatic N) is 2. The number of aliphatic hydroxyl groups is 1. The van der Waals surface area contributed by atoms with Gasteiger partial charge in [0, 0.05) is 33.8 Å². The first-order chi connectivity index (χ1) is 20.2. The number of carbonyl (C=O) groups excluding carboxylic acids is 2. The van der Waals surface area contributed by atoms with E-state index in [1.54, 1.807) is 48.5 Å². The third-order valence-corrected chi connectivity index (χ3v) is 7.39. The maximum Gasteiger partial charge on any atom is 0.344 e. The summed E-state index contributed by atoms with van der Waals surface area (Å²) in [6, 6.07) is 17.0.